The van der Waals surface area contributed by atoms with Gasteiger partial charge >= 0.3 is 0 Å². The molecule has 0 unspecified atom stereocenters. The van der Waals surface area contributed by atoms with Crippen molar-refractivity contribution < 1.29 is 15.3 Å². The Balaban J connectivity index is 1.81. The first-order chi connectivity index (χ1) is 10.7. The summed E-state index contributed by atoms with van der Waals surface area (Å²) in [6.45, 7) is 2.32. The lowest BCUT2D eigenvalue weighted by atomic mass is 9.88. The summed E-state index contributed by atoms with van der Waals surface area (Å²) in [5.74, 6) is 0.160. The molecule has 0 aromatic heterocycles. The first-order valence-electron chi connectivity index (χ1n) is 7.57. The Bertz CT molecular complexity index is 609. The van der Waals surface area contributed by atoms with Crippen LogP contribution < -0.4 is 0 Å². The number of benzene rings is 2. The molecule has 0 saturated carbocycles. The van der Waals surface area contributed by atoms with Crippen molar-refractivity contribution in [2.75, 3.05) is 19.7 Å². The lowest BCUT2D eigenvalue weighted by molar-refractivity contribution is 0.212. The van der Waals surface area contributed by atoms with Crippen molar-refractivity contribution in [1.82, 2.24) is 4.90 Å². The molecule has 2 aromatic rings. The molecule has 2 aromatic carbocycles. The van der Waals surface area contributed by atoms with Crippen LogP contribution in [0.3, 0.4) is 0 Å². The summed E-state index contributed by atoms with van der Waals surface area (Å²) in [5.41, 5.74) is 1.78. The van der Waals surface area contributed by atoms with Crippen LogP contribution in [0.15, 0.2) is 48.5 Å². The van der Waals surface area contributed by atoms with Gasteiger partial charge in [0.05, 0.1) is 0 Å². The van der Waals surface area contributed by atoms with Crippen molar-refractivity contribution in [3.8, 4) is 11.5 Å². The first-order valence-corrected chi connectivity index (χ1v) is 7.57. The average Bonchev–Trinajstić information content (AvgIpc) is 2.91. The molecule has 0 amide bonds. The van der Waals surface area contributed by atoms with Gasteiger partial charge in [0.15, 0.2) is 0 Å². The number of hydrogen-bond donors (Lipinski definition) is 3. The Labute approximate surface area is 130 Å². The Morgan fingerprint density at radius 1 is 0.909 bits per heavy atom. The van der Waals surface area contributed by atoms with Gasteiger partial charge in [0.1, 0.15) is 11.5 Å². The highest BCUT2D eigenvalue weighted by Crippen LogP contribution is 2.41. The topological polar surface area (TPSA) is 63.9 Å². The van der Waals surface area contributed by atoms with Crippen LogP contribution in [-0.4, -0.2) is 39.9 Å². The molecule has 0 bridgehead atoms. The van der Waals surface area contributed by atoms with E-state index in [-0.39, 0.29) is 29.9 Å². The van der Waals surface area contributed by atoms with Crippen LogP contribution in [0.1, 0.15) is 17.0 Å². The molecule has 1 saturated heterocycles. The van der Waals surface area contributed by atoms with E-state index in [0.717, 1.165) is 13.1 Å². The summed E-state index contributed by atoms with van der Waals surface area (Å²) < 4.78 is 0. The van der Waals surface area contributed by atoms with E-state index in [1.807, 2.05) is 18.2 Å². The van der Waals surface area contributed by atoms with Gasteiger partial charge in [-0.1, -0.05) is 36.4 Å². The molecule has 1 heterocycles. The number of phenols is 2. The molecule has 4 nitrogen and oxygen atoms in total. The zero-order valence-corrected chi connectivity index (χ0v) is 12.4. The Kier molecular flexibility index (Phi) is 4.32. The van der Waals surface area contributed by atoms with E-state index >= 15 is 0 Å². The standard InChI is InChI=1S/C18H21NO3/c20-12-14-10-19(9-13-5-2-1-3-6-13)11-15(14)18-16(21)7-4-8-17(18)22/h1-8,14-15,20-22H,9-12H2/t14-,15-/m1/s1. The van der Waals surface area contributed by atoms with Gasteiger partial charge in [-0.15, -0.1) is 0 Å². The molecule has 22 heavy (non-hydrogen) atoms. The molecular formula is C18H21NO3. The van der Waals surface area contributed by atoms with Gasteiger partial charge in [-0.3, -0.25) is 4.90 Å². The highest BCUT2D eigenvalue weighted by molar-refractivity contribution is 5.46. The maximum Gasteiger partial charge on any atom is 0.122 e. The molecule has 0 radical (unpaired) electrons. The number of nitrogens with zero attached hydrogens (tertiary/aromatic N) is 1. The minimum absolute atomic E-state index is 0.0166. The third-order valence-corrected chi connectivity index (χ3v) is 4.43. The van der Waals surface area contributed by atoms with Crippen molar-refractivity contribution in [3.05, 3.63) is 59.7 Å². The average molecular weight is 299 g/mol. The summed E-state index contributed by atoms with van der Waals surface area (Å²) in [6.07, 6.45) is 0. The van der Waals surface area contributed by atoms with E-state index in [9.17, 15) is 15.3 Å². The maximum absolute atomic E-state index is 10.1. The van der Waals surface area contributed by atoms with Gasteiger partial charge in [-0.05, 0) is 17.7 Å². The molecule has 2 atom stereocenters. The van der Waals surface area contributed by atoms with Crippen molar-refractivity contribution in [1.29, 1.82) is 0 Å². The number of aliphatic hydroxyl groups excluding tert-OH is 1. The summed E-state index contributed by atoms with van der Waals surface area (Å²) in [6, 6.07) is 15.0. The number of aliphatic hydroxyl groups is 1. The van der Waals surface area contributed by atoms with E-state index < -0.39 is 0 Å². The van der Waals surface area contributed by atoms with Crippen LogP contribution in [0, 0.1) is 5.92 Å². The Hall–Kier alpha value is -2.04. The fourth-order valence-electron chi connectivity index (χ4n) is 3.36. The SMILES string of the molecule is OC[C@H]1CN(Cc2ccccc2)C[C@H]1c1c(O)cccc1O. The van der Waals surface area contributed by atoms with Gasteiger partial charge in [-0.2, -0.15) is 0 Å². The summed E-state index contributed by atoms with van der Waals surface area (Å²) in [7, 11) is 0. The molecule has 1 aliphatic heterocycles. The van der Waals surface area contributed by atoms with Crippen molar-refractivity contribution in [2.24, 2.45) is 5.92 Å². The van der Waals surface area contributed by atoms with E-state index in [4.69, 9.17) is 0 Å². The molecule has 0 spiro atoms. The fourth-order valence-corrected chi connectivity index (χ4v) is 3.36. The van der Waals surface area contributed by atoms with Crippen LogP contribution in [0.2, 0.25) is 0 Å². The van der Waals surface area contributed by atoms with Crippen LogP contribution >= 0.6 is 0 Å². The number of hydrogen-bond acceptors (Lipinski definition) is 4. The third-order valence-electron chi connectivity index (χ3n) is 4.43. The van der Waals surface area contributed by atoms with Gasteiger partial charge in [0.2, 0.25) is 0 Å². The number of rotatable bonds is 4. The Morgan fingerprint density at radius 3 is 2.23 bits per heavy atom. The Morgan fingerprint density at radius 2 is 1.59 bits per heavy atom. The molecule has 1 fully saturated rings. The summed E-state index contributed by atoms with van der Waals surface area (Å²) >= 11 is 0. The molecule has 3 N–H and O–H groups in total. The second-order valence-corrected chi connectivity index (χ2v) is 5.94. The maximum atomic E-state index is 10.1. The van der Waals surface area contributed by atoms with E-state index in [2.05, 4.69) is 17.0 Å². The number of aromatic hydroxyl groups is 2. The second kappa shape index (κ2) is 6.38. The van der Waals surface area contributed by atoms with Crippen LogP contribution in [0.4, 0.5) is 0 Å². The molecule has 4 heteroatoms. The lowest BCUT2D eigenvalue weighted by Crippen LogP contribution is -2.20. The number of phenolic OH excluding ortho intramolecular Hbond substituents is 2. The van der Waals surface area contributed by atoms with Crippen LogP contribution in [-0.2, 0) is 6.54 Å². The lowest BCUT2D eigenvalue weighted by Gasteiger charge is -2.19. The van der Waals surface area contributed by atoms with E-state index in [0.29, 0.717) is 12.1 Å². The smallest absolute Gasteiger partial charge is 0.122 e. The molecule has 1 aliphatic rings. The summed E-state index contributed by atoms with van der Waals surface area (Å²) in [5, 5.41) is 29.8. The fraction of sp³-hybridized carbons (Fsp3) is 0.333. The van der Waals surface area contributed by atoms with E-state index in [1.165, 1.54) is 5.56 Å². The van der Waals surface area contributed by atoms with Crippen LogP contribution in [0.5, 0.6) is 11.5 Å². The highest BCUT2D eigenvalue weighted by Gasteiger charge is 2.36. The second-order valence-electron chi connectivity index (χ2n) is 5.94. The zero-order chi connectivity index (χ0) is 15.5. The minimum Gasteiger partial charge on any atom is -0.508 e. The first kappa shape index (κ1) is 14.9. The van der Waals surface area contributed by atoms with Crippen molar-refractivity contribution in [2.45, 2.75) is 12.5 Å². The van der Waals surface area contributed by atoms with Crippen molar-refractivity contribution >= 4 is 0 Å². The molecular weight excluding hydrogens is 278 g/mol. The quantitative estimate of drug-likeness (QED) is 0.810. The highest BCUT2D eigenvalue weighted by atomic mass is 16.3. The van der Waals surface area contributed by atoms with E-state index in [1.54, 1.807) is 18.2 Å². The molecule has 116 valence electrons. The minimum atomic E-state index is -0.0603. The normalized spacial score (nSPS) is 22.0. The predicted molar refractivity (Wildman–Crippen MR) is 84.8 cm³/mol. The number of likely N-dealkylation sites (tertiary alicyclic amines) is 1. The molecule has 3 rings (SSSR count). The predicted octanol–water partition coefficient (Wildman–Crippen LogP) is 2.31. The zero-order valence-electron chi connectivity index (χ0n) is 12.4. The van der Waals surface area contributed by atoms with Gasteiger partial charge in [0.25, 0.3) is 0 Å². The monoisotopic (exact) mass is 299 g/mol. The van der Waals surface area contributed by atoms with Crippen LogP contribution in [0.25, 0.3) is 0 Å². The van der Waals surface area contributed by atoms with Gasteiger partial charge in [0, 0.05) is 43.6 Å². The van der Waals surface area contributed by atoms with Crippen molar-refractivity contribution in [3.63, 3.8) is 0 Å². The molecule has 0 aliphatic carbocycles. The third kappa shape index (κ3) is 2.93. The largest absolute Gasteiger partial charge is 0.508 e. The summed E-state index contributed by atoms with van der Waals surface area (Å²) in [4.78, 5) is 2.26. The van der Waals surface area contributed by atoms with Gasteiger partial charge in [-0.25, -0.2) is 0 Å². The van der Waals surface area contributed by atoms with Gasteiger partial charge < -0.3 is 15.3 Å².